The molecule has 1 saturated heterocycles. The first-order chi connectivity index (χ1) is 9.36. The number of aromatic nitrogens is 2. The van der Waals surface area contributed by atoms with Gasteiger partial charge in [-0.3, -0.25) is 0 Å². The Balaban J connectivity index is 1.98. The van der Waals surface area contributed by atoms with Gasteiger partial charge in [0.15, 0.2) is 0 Å². The van der Waals surface area contributed by atoms with Crippen molar-refractivity contribution >= 4 is 22.7 Å². The minimum absolute atomic E-state index is 0.341. The van der Waals surface area contributed by atoms with Crippen molar-refractivity contribution in [2.75, 3.05) is 30.4 Å². The fourth-order valence-corrected chi connectivity index (χ4v) is 2.27. The highest BCUT2D eigenvalue weighted by Gasteiger charge is 2.17. The number of fused-ring (bicyclic) bond motifs is 1. The molecule has 0 amide bonds. The molecule has 0 saturated carbocycles. The summed E-state index contributed by atoms with van der Waals surface area (Å²) >= 11 is 0. The zero-order valence-electron chi connectivity index (χ0n) is 11.0. The van der Waals surface area contributed by atoms with Crippen LogP contribution in [0.3, 0.4) is 0 Å². The Hall–Kier alpha value is -1.88. The Morgan fingerprint density at radius 3 is 3.00 bits per heavy atom. The number of hydrogen-bond donors (Lipinski definition) is 2. The molecule has 2 N–H and O–H groups in total. The number of nitrogens with one attached hydrogen (secondary N) is 2. The molecule has 1 fully saturated rings. The standard InChI is InChI=1S/C14H18N4O/c1-2-15-14-17-12-6-4-3-5-11(12)13(18-14)16-10-7-8-19-9-10/h3-6,10H,2,7-9H2,1H3,(H2,15,16,17,18). The second kappa shape index (κ2) is 5.40. The van der Waals surface area contributed by atoms with E-state index in [1.54, 1.807) is 0 Å². The summed E-state index contributed by atoms with van der Waals surface area (Å²) < 4.78 is 5.40. The lowest BCUT2D eigenvalue weighted by Gasteiger charge is -2.14. The Kier molecular flexibility index (Phi) is 3.46. The Morgan fingerprint density at radius 1 is 1.32 bits per heavy atom. The lowest BCUT2D eigenvalue weighted by molar-refractivity contribution is 0.195. The average molecular weight is 258 g/mol. The molecule has 0 bridgehead atoms. The van der Waals surface area contributed by atoms with Gasteiger partial charge < -0.3 is 15.4 Å². The van der Waals surface area contributed by atoms with E-state index in [9.17, 15) is 0 Å². The highest BCUT2D eigenvalue weighted by molar-refractivity contribution is 5.90. The van der Waals surface area contributed by atoms with E-state index in [0.29, 0.717) is 12.0 Å². The van der Waals surface area contributed by atoms with E-state index in [0.717, 1.165) is 42.9 Å². The molecule has 19 heavy (non-hydrogen) atoms. The SMILES string of the molecule is CCNc1nc(NC2CCOC2)c2ccccc2n1. The minimum atomic E-state index is 0.341. The predicted molar refractivity (Wildman–Crippen MR) is 76.5 cm³/mol. The normalized spacial score (nSPS) is 18.7. The molecule has 0 aliphatic carbocycles. The third-order valence-electron chi connectivity index (χ3n) is 3.21. The fraction of sp³-hybridized carbons (Fsp3) is 0.429. The number of rotatable bonds is 4. The number of para-hydroxylation sites is 1. The molecule has 100 valence electrons. The predicted octanol–water partition coefficient (Wildman–Crippen LogP) is 2.26. The zero-order valence-corrected chi connectivity index (χ0v) is 11.0. The summed E-state index contributed by atoms with van der Waals surface area (Å²) in [5, 5.41) is 7.69. The number of benzene rings is 1. The molecule has 1 aliphatic rings. The number of hydrogen-bond acceptors (Lipinski definition) is 5. The first kappa shape index (κ1) is 12.2. The van der Waals surface area contributed by atoms with Crippen LogP contribution in [0.2, 0.25) is 0 Å². The van der Waals surface area contributed by atoms with E-state index >= 15 is 0 Å². The van der Waals surface area contributed by atoms with Crippen LogP contribution in [0, 0.1) is 0 Å². The number of ether oxygens (including phenoxy) is 1. The maximum absolute atomic E-state index is 5.40. The van der Waals surface area contributed by atoms with Gasteiger partial charge in [0.25, 0.3) is 0 Å². The van der Waals surface area contributed by atoms with Gasteiger partial charge in [-0.25, -0.2) is 4.98 Å². The van der Waals surface area contributed by atoms with Gasteiger partial charge in [0.1, 0.15) is 5.82 Å². The zero-order chi connectivity index (χ0) is 13.1. The van der Waals surface area contributed by atoms with Gasteiger partial charge in [-0.1, -0.05) is 12.1 Å². The molecule has 0 radical (unpaired) electrons. The molecule has 1 aromatic carbocycles. The van der Waals surface area contributed by atoms with Crippen LogP contribution in [0.15, 0.2) is 24.3 Å². The van der Waals surface area contributed by atoms with Crippen molar-refractivity contribution in [1.82, 2.24) is 9.97 Å². The molecule has 2 heterocycles. The summed E-state index contributed by atoms with van der Waals surface area (Å²) in [6.07, 6.45) is 1.02. The summed E-state index contributed by atoms with van der Waals surface area (Å²) in [5.41, 5.74) is 0.954. The van der Waals surface area contributed by atoms with Crippen LogP contribution in [0.25, 0.3) is 10.9 Å². The van der Waals surface area contributed by atoms with E-state index in [1.807, 2.05) is 31.2 Å². The number of nitrogens with zero attached hydrogens (tertiary/aromatic N) is 2. The number of anilines is 2. The molecule has 1 atom stereocenters. The summed E-state index contributed by atoms with van der Waals surface area (Å²) in [4.78, 5) is 9.07. The van der Waals surface area contributed by atoms with Gasteiger partial charge in [-0.05, 0) is 25.5 Å². The Bertz CT molecular complexity index is 566. The maximum Gasteiger partial charge on any atom is 0.225 e. The molecule has 1 unspecified atom stereocenters. The first-order valence-corrected chi connectivity index (χ1v) is 6.71. The van der Waals surface area contributed by atoms with Gasteiger partial charge in [-0.2, -0.15) is 4.98 Å². The lowest BCUT2D eigenvalue weighted by Crippen LogP contribution is -2.20. The summed E-state index contributed by atoms with van der Waals surface area (Å²) in [5.74, 6) is 1.56. The first-order valence-electron chi connectivity index (χ1n) is 6.71. The molecule has 5 heteroatoms. The van der Waals surface area contributed by atoms with E-state index in [1.165, 1.54) is 0 Å². The largest absolute Gasteiger partial charge is 0.379 e. The fourth-order valence-electron chi connectivity index (χ4n) is 2.27. The van der Waals surface area contributed by atoms with Crippen LogP contribution in [0.4, 0.5) is 11.8 Å². The minimum Gasteiger partial charge on any atom is -0.379 e. The van der Waals surface area contributed by atoms with Crippen molar-refractivity contribution in [1.29, 1.82) is 0 Å². The third-order valence-corrected chi connectivity index (χ3v) is 3.21. The van der Waals surface area contributed by atoms with Gasteiger partial charge in [0.05, 0.1) is 18.2 Å². The van der Waals surface area contributed by atoms with Crippen LogP contribution < -0.4 is 10.6 Å². The van der Waals surface area contributed by atoms with Crippen LogP contribution in [-0.4, -0.2) is 35.8 Å². The van der Waals surface area contributed by atoms with Gasteiger partial charge in [-0.15, -0.1) is 0 Å². The molecular formula is C14H18N4O. The smallest absolute Gasteiger partial charge is 0.225 e. The highest BCUT2D eigenvalue weighted by Crippen LogP contribution is 2.23. The van der Waals surface area contributed by atoms with Crippen LogP contribution >= 0.6 is 0 Å². The van der Waals surface area contributed by atoms with Crippen molar-refractivity contribution in [3.63, 3.8) is 0 Å². The van der Waals surface area contributed by atoms with E-state index in [4.69, 9.17) is 4.74 Å². The Morgan fingerprint density at radius 2 is 2.21 bits per heavy atom. The third kappa shape index (κ3) is 2.61. The molecule has 1 aliphatic heterocycles. The highest BCUT2D eigenvalue weighted by atomic mass is 16.5. The molecule has 3 rings (SSSR count). The molecule has 5 nitrogen and oxygen atoms in total. The van der Waals surface area contributed by atoms with Gasteiger partial charge >= 0.3 is 0 Å². The van der Waals surface area contributed by atoms with E-state index in [2.05, 4.69) is 20.6 Å². The van der Waals surface area contributed by atoms with Crippen molar-refractivity contribution in [2.24, 2.45) is 0 Å². The summed E-state index contributed by atoms with van der Waals surface area (Å²) in [7, 11) is 0. The van der Waals surface area contributed by atoms with E-state index in [-0.39, 0.29) is 0 Å². The molecule has 0 spiro atoms. The molecular weight excluding hydrogens is 240 g/mol. The summed E-state index contributed by atoms with van der Waals surface area (Å²) in [6, 6.07) is 8.40. The topological polar surface area (TPSA) is 59.1 Å². The van der Waals surface area contributed by atoms with Crippen molar-refractivity contribution < 1.29 is 4.74 Å². The monoisotopic (exact) mass is 258 g/mol. The molecule has 2 aromatic rings. The molecule has 1 aromatic heterocycles. The average Bonchev–Trinajstić information content (AvgIpc) is 2.92. The van der Waals surface area contributed by atoms with Crippen LogP contribution in [0.5, 0.6) is 0 Å². The van der Waals surface area contributed by atoms with Crippen molar-refractivity contribution in [3.8, 4) is 0 Å². The lowest BCUT2D eigenvalue weighted by atomic mass is 10.2. The van der Waals surface area contributed by atoms with Crippen LogP contribution in [0.1, 0.15) is 13.3 Å². The van der Waals surface area contributed by atoms with Crippen molar-refractivity contribution in [3.05, 3.63) is 24.3 Å². The second-order valence-electron chi connectivity index (χ2n) is 4.65. The maximum atomic E-state index is 5.40. The quantitative estimate of drug-likeness (QED) is 0.881. The summed E-state index contributed by atoms with van der Waals surface area (Å²) in [6.45, 7) is 4.41. The van der Waals surface area contributed by atoms with Crippen LogP contribution in [-0.2, 0) is 4.74 Å². The van der Waals surface area contributed by atoms with Gasteiger partial charge in [0.2, 0.25) is 5.95 Å². The van der Waals surface area contributed by atoms with Crippen molar-refractivity contribution in [2.45, 2.75) is 19.4 Å². The Labute approximate surface area is 112 Å². The van der Waals surface area contributed by atoms with E-state index < -0.39 is 0 Å². The van der Waals surface area contributed by atoms with Gasteiger partial charge in [0, 0.05) is 18.5 Å². The second-order valence-corrected chi connectivity index (χ2v) is 4.65.